The Morgan fingerprint density at radius 1 is 1.35 bits per heavy atom. The quantitative estimate of drug-likeness (QED) is 0.866. The number of carboxylic acids is 1. The Morgan fingerprint density at radius 3 is 2.88 bits per heavy atom. The van der Waals surface area contributed by atoms with Crippen LogP contribution in [0.3, 0.4) is 0 Å². The average Bonchev–Trinajstić information content (AvgIpc) is 3.06. The molecule has 17 heavy (non-hydrogen) atoms. The van der Waals surface area contributed by atoms with Crippen LogP contribution < -0.4 is 0 Å². The maximum Gasteiger partial charge on any atom is 0.354 e. The van der Waals surface area contributed by atoms with Crippen molar-refractivity contribution in [2.45, 2.75) is 44.4 Å². The summed E-state index contributed by atoms with van der Waals surface area (Å²) in [6.45, 7) is 0. The van der Waals surface area contributed by atoms with Gasteiger partial charge in [-0.15, -0.1) is 0 Å². The first-order chi connectivity index (χ1) is 8.25. The standard InChI is InChI=1S/C14H17NO2/c16-14(17)13-12-6-5-10(4-3-9-1-2-9)11(12)7-8-15-13/h7-10H,1-6H2,(H,16,17)/t10-/m1/s1. The van der Waals surface area contributed by atoms with E-state index in [1.807, 2.05) is 6.07 Å². The Bertz CT molecular complexity index is 452. The summed E-state index contributed by atoms with van der Waals surface area (Å²) < 4.78 is 0. The molecule has 0 radical (unpaired) electrons. The van der Waals surface area contributed by atoms with Crippen molar-refractivity contribution in [1.82, 2.24) is 4.98 Å². The Kier molecular flexibility index (Phi) is 2.61. The zero-order chi connectivity index (χ0) is 11.8. The van der Waals surface area contributed by atoms with Crippen LogP contribution in [0.25, 0.3) is 0 Å². The molecule has 3 nitrogen and oxygen atoms in total. The molecular formula is C14H17NO2. The minimum absolute atomic E-state index is 0.274. The first kappa shape index (κ1) is 10.8. The van der Waals surface area contributed by atoms with Crippen LogP contribution in [-0.2, 0) is 6.42 Å². The van der Waals surface area contributed by atoms with Gasteiger partial charge in [0, 0.05) is 6.20 Å². The van der Waals surface area contributed by atoms with Crippen LogP contribution in [0.1, 0.15) is 59.6 Å². The first-order valence-electron chi connectivity index (χ1n) is 6.47. The van der Waals surface area contributed by atoms with E-state index in [4.69, 9.17) is 5.11 Å². The normalized spacial score (nSPS) is 22.5. The maximum atomic E-state index is 11.1. The summed E-state index contributed by atoms with van der Waals surface area (Å²) in [4.78, 5) is 15.1. The van der Waals surface area contributed by atoms with Gasteiger partial charge in [0.1, 0.15) is 0 Å². The fourth-order valence-electron chi connectivity index (χ4n) is 2.95. The van der Waals surface area contributed by atoms with Crippen molar-refractivity contribution >= 4 is 5.97 Å². The van der Waals surface area contributed by atoms with Crippen LogP contribution in [-0.4, -0.2) is 16.1 Å². The minimum atomic E-state index is -0.885. The van der Waals surface area contributed by atoms with E-state index in [2.05, 4.69) is 4.98 Å². The van der Waals surface area contributed by atoms with Gasteiger partial charge in [0.05, 0.1) is 0 Å². The average molecular weight is 231 g/mol. The molecule has 0 bridgehead atoms. The van der Waals surface area contributed by atoms with E-state index in [1.54, 1.807) is 6.20 Å². The molecule has 1 atom stereocenters. The van der Waals surface area contributed by atoms with E-state index in [1.165, 1.54) is 31.2 Å². The van der Waals surface area contributed by atoms with Crippen molar-refractivity contribution in [2.75, 3.05) is 0 Å². The van der Waals surface area contributed by atoms with E-state index in [9.17, 15) is 4.79 Å². The van der Waals surface area contributed by atoms with Crippen molar-refractivity contribution in [1.29, 1.82) is 0 Å². The van der Waals surface area contributed by atoms with Gasteiger partial charge in [-0.3, -0.25) is 0 Å². The number of aromatic carboxylic acids is 1. The molecule has 0 amide bonds. The summed E-state index contributed by atoms with van der Waals surface area (Å²) in [5, 5.41) is 9.10. The summed E-state index contributed by atoms with van der Waals surface area (Å²) in [7, 11) is 0. The molecule has 0 unspecified atom stereocenters. The van der Waals surface area contributed by atoms with E-state index in [0.29, 0.717) is 5.92 Å². The molecule has 2 aliphatic carbocycles. The summed E-state index contributed by atoms with van der Waals surface area (Å²) in [6, 6.07) is 2.02. The Labute approximate surface area is 101 Å². The number of rotatable bonds is 4. The fourth-order valence-corrected chi connectivity index (χ4v) is 2.95. The minimum Gasteiger partial charge on any atom is -0.477 e. The lowest BCUT2D eigenvalue weighted by Gasteiger charge is -2.11. The second-order valence-electron chi connectivity index (χ2n) is 5.29. The SMILES string of the molecule is O=C(O)c1nccc2c1CC[C@H]2CCC1CC1. The van der Waals surface area contributed by atoms with Crippen LogP contribution in [0, 0.1) is 5.92 Å². The fraction of sp³-hybridized carbons (Fsp3) is 0.571. The molecule has 3 heteroatoms. The van der Waals surface area contributed by atoms with Crippen LogP contribution in [0.2, 0.25) is 0 Å². The molecule has 1 N–H and O–H groups in total. The molecule has 90 valence electrons. The van der Waals surface area contributed by atoms with Gasteiger partial charge in [-0.05, 0) is 54.7 Å². The van der Waals surface area contributed by atoms with Crippen molar-refractivity contribution in [3.63, 3.8) is 0 Å². The number of nitrogens with zero attached hydrogens (tertiary/aromatic N) is 1. The molecular weight excluding hydrogens is 214 g/mol. The molecule has 0 saturated heterocycles. The van der Waals surface area contributed by atoms with Gasteiger partial charge >= 0.3 is 5.97 Å². The van der Waals surface area contributed by atoms with Gasteiger partial charge in [0.2, 0.25) is 0 Å². The van der Waals surface area contributed by atoms with Crippen molar-refractivity contribution in [3.8, 4) is 0 Å². The number of fused-ring (bicyclic) bond motifs is 1. The number of hydrogen-bond donors (Lipinski definition) is 1. The molecule has 3 rings (SSSR count). The lowest BCUT2D eigenvalue weighted by Crippen LogP contribution is -2.05. The van der Waals surface area contributed by atoms with Crippen LogP contribution >= 0.6 is 0 Å². The number of aromatic nitrogens is 1. The van der Waals surface area contributed by atoms with Crippen molar-refractivity contribution in [3.05, 3.63) is 29.1 Å². The third-order valence-corrected chi connectivity index (χ3v) is 4.10. The van der Waals surface area contributed by atoms with Gasteiger partial charge in [-0.2, -0.15) is 0 Å². The first-order valence-corrected chi connectivity index (χ1v) is 6.47. The second-order valence-corrected chi connectivity index (χ2v) is 5.29. The molecule has 2 aliphatic rings. The Balaban J connectivity index is 1.81. The van der Waals surface area contributed by atoms with Gasteiger partial charge < -0.3 is 5.11 Å². The van der Waals surface area contributed by atoms with E-state index in [-0.39, 0.29) is 5.69 Å². The predicted molar refractivity (Wildman–Crippen MR) is 64.2 cm³/mol. The highest BCUT2D eigenvalue weighted by atomic mass is 16.4. The Morgan fingerprint density at radius 2 is 2.18 bits per heavy atom. The third kappa shape index (κ3) is 2.06. The highest BCUT2D eigenvalue weighted by molar-refractivity contribution is 5.87. The number of carbonyl (C=O) groups is 1. The zero-order valence-corrected chi connectivity index (χ0v) is 9.85. The number of pyridine rings is 1. The summed E-state index contributed by atoms with van der Waals surface area (Å²) in [6.07, 6.45) is 8.98. The summed E-state index contributed by atoms with van der Waals surface area (Å²) in [5.74, 6) is 0.649. The third-order valence-electron chi connectivity index (χ3n) is 4.10. The second kappa shape index (κ2) is 4.13. The van der Waals surface area contributed by atoms with Gasteiger partial charge in [0.15, 0.2) is 5.69 Å². The predicted octanol–water partition coefficient (Wildman–Crippen LogP) is 3.00. The van der Waals surface area contributed by atoms with Crippen LogP contribution in [0.15, 0.2) is 12.3 Å². The molecule has 1 heterocycles. The molecule has 1 aromatic rings. The van der Waals surface area contributed by atoms with Gasteiger partial charge in [-0.25, -0.2) is 9.78 Å². The summed E-state index contributed by atoms with van der Waals surface area (Å²) in [5.41, 5.74) is 2.51. The molecule has 1 saturated carbocycles. The molecule has 1 aromatic heterocycles. The van der Waals surface area contributed by atoms with E-state index >= 15 is 0 Å². The molecule has 1 fully saturated rings. The highest BCUT2D eigenvalue weighted by Crippen LogP contribution is 2.41. The number of carboxylic acid groups (broad SMARTS) is 1. The lowest BCUT2D eigenvalue weighted by atomic mass is 9.95. The topological polar surface area (TPSA) is 50.2 Å². The smallest absolute Gasteiger partial charge is 0.354 e. The van der Waals surface area contributed by atoms with Crippen LogP contribution in [0.4, 0.5) is 0 Å². The van der Waals surface area contributed by atoms with Crippen molar-refractivity contribution < 1.29 is 9.90 Å². The molecule has 0 spiro atoms. The maximum absolute atomic E-state index is 11.1. The summed E-state index contributed by atoms with van der Waals surface area (Å²) >= 11 is 0. The molecule has 0 aliphatic heterocycles. The largest absolute Gasteiger partial charge is 0.477 e. The highest BCUT2D eigenvalue weighted by Gasteiger charge is 2.29. The van der Waals surface area contributed by atoms with Gasteiger partial charge in [-0.1, -0.05) is 12.8 Å². The lowest BCUT2D eigenvalue weighted by molar-refractivity contribution is 0.0689. The van der Waals surface area contributed by atoms with Crippen molar-refractivity contribution in [2.24, 2.45) is 5.92 Å². The molecule has 0 aromatic carbocycles. The van der Waals surface area contributed by atoms with Gasteiger partial charge in [0.25, 0.3) is 0 Å². The zero-order valence-electron chi connectivity index (χ0n) is 9.85. The van der Waals surface area contributed by atoms with E-state index in [0.717, 1.165) is 24.3 Å². The monoisotopic (exact) mass is 231 g/mol. The Hall–Kier alpha value is -1.38. The van der Waals surface area contributed by atoms with E-state index < -0.39 is 5.97 Å². The number of hydrogen-bond acceptors (Lipinski definition) is 2. The van der Waals surface area contributed by atoms with Crippen LogP contribution in [0.5, 0.6) is 0 Å².